The van der Waals surface area contributed by atoms with Crippen LogP contribution >= 0.6 is 34.8 Å². The molecule has 0 aliphatic carbocycles. The number of hydrogen-bond donors (Lipinski definition) is 1. The minimum absolute atomic E-state index is 0.152. The van der Waals surface area contributed by atoms with Gasteiger partial charge in [0.15, 0.2) is 5.11 Å². The molecule has 1 aliphatic heterocycles. The summed E-state index contributed by atoms with van der Waals surface area (Å²) in [4.78, 5) is 14.4. The summed E-state index contributed by atoms with van der Waals surface area (Å²) in [7, 11) is 0. The summed E-state index contributed by atoms with van der Waals surface area (Å²) in [6.07, 6.45) is 3.36. The summed E-state index contributed by atoms with van der Waals surface area (Å²) in [6, 6.07) is 5.67. The van der Waals surface area contributed by atoms with Crippen LogP contribution in [-0.4, -0.2) is 41.7 Å². The lowest BCUT2D eigenvalue weighted by atomic mass is 10.1. The van der Waals surface area contributed by atoms with Crippen LogP contribution in [0.4, 0.5) is 0 Å². The van der Waals surface area contributed by atoms with Gasteiger partial charge < -0.3 is 9.64 Å². The van der Waals surface area contributed by atoms with E-state index in [-0.39, 0.29) is 12.0 Å². The number of ether oxygens (including phenoxy) is 1. The number of benzene rings is 1. The van der Waals surface area contributed by atoms with Crippen molar-refractivity contribution >= 4 is 45.8 Å². The molecular formula is C17H23IN2O2S. The van der Waals surface area contributed by atoms with Crippen LogP contribution in [0.1, 0.15) is 42.1 Å². The molecule has 0 saturated carbocycles. The monoisotopic (exact) mass is 446 g/mol. The van der Waals surface area contributed by atoms with Gasteiger partial charge in [0.25, 0.3) is 5.91 Å². The molecule has 0 aromatic heterocycles. The molecule has 1 heterocycles. The maximum atomic E-state index is 12.4. The van der Waals surface area contributed by atoms with Crippen LogP contribution < -0.4 is 5.32 Å². The van der Waals surface area contributed by atoms with Crippen LogP contribution in [0.5, 0.6) is 0 Å². The Morgan fingerprint density at radius 2 is 2.30 bits per heavy atom. The predicted molar refractivity (Wildman–Crippen MR) is 105 cm³/mol. The van der Waals surface area contributed by atoms with Crippen LogP contribution in [0.25, 0.3) is 0 Å². The minimum atomic E-state index is -0.152. The smallest absolute Gasteiger partial charge is 0.257 e. The fourth-order valence-electron chi connectivity index (χ4n) is 2.56. The molecule has 0 spiro atoms. The first kappa shape index (κ1) is 18.6. The fraction of sp³-hybridized carbons (Fsp3) is 0.529. The van der Waals surface area contributed by atoms with Gasteiger partial charge in [-0.15, -0.1) is 0 Å². The van der Waals surface area contributed by atoms with E-state index >= 15 is 0 Å². The number of halogens is 1. The largest absolute Gasteiger partial charge is 0.376 e. The summed E-state index contributed by atoms with van der Waals surface area (Å²) >= 11 is 7.68. The molecule has 6 heteroatoms. The molecule has 1 atom stereocenters. The van der Waals surface area contributed by atoms with E-state index in [1.165, 1.54) is 0 Å². The molecule has 0 radical (unpaired) electrons. The number of nitrogens with zero attached hydrogens (tertiary/aromatic N) is 1. The Labute approximate surface area is 157 Å². The summed E-state index contributed by atoms with van der Waals surface area (Å²) in [5, 5.41) is 3.35. The number of thiocarbonyl (C=S) groups is 1. The van der Waals surface area contributed by atoms with Crippen molar-refractivity contribution in [3.63, 3.8) is 0 Å². The van der Waals surface area contributed by atoms with Crippen molar-refractivity contribution in [1.82, 2.24) is 10.2 Å². The summed E-state index contributed by atoms with van der Waals surface area (Å²) < 4.78 is 6.76. The standard InChI is InChI=1S/C17H23IN2O2S/c1-3-8-20(11-14-5-4-9-22-14)17(23)19-16(21)13-7-6-12(2)15(18)10-13/h6-7,10,14H,3-5,8-9,11H2,1-2H3,(H,19,21,23). The number of amides is 1. The van der Waals surface area contributed by atoms with E-state index in [1.807, 2.05) is 30.0 Å². The molecule has 1 aliphatic rings. The molecule has 23 heavy (non-hydrogen) atoms. The first-order chi connectivity index (χ1) is 11.0. The molecule has 2 rings (SSSR count). The van der Waals surface area contributed by atoms with Crippen LogP contribution in [0, 0.1) is 10.5 Å². The summed E-state index contributed by atoms with van der Waals surface area (Å²) in [6.45, 7) is 6.53. The molecular weight excluding hydrogens is 423 g/mol. The van der Waals surface area contributed by atoms with Gasteiger partial charge in [0, 0.05) is 28.8 Å². The van der Waals surface area contributed by atoms with Gasteiger partial charge in [0.2, 0.25) is 0 Å². The molecule has 1 amide bonds. The second-order valence-corrected chi connectivity index (χ2v) is 7.35. The normalized spacial score (nSPS) is 17.1. The zero-order chi connectivity index (χ0) is 16.8. The van der Waals surface area contributed by atoms with Crippen molar-refractivity contribution in [2.24, 2.45) is 0 Å². The van der Waals surface area contributed by atoms with Crippen molar-refractivity contribution in [2.45, 2.75) is 39.2 Å². The molecule has 0 bridgehead atoms. The number of rotatable bonds is 5. The van der Waals surface area contributed by atoms with E-state index in [0.717, 1.165) is 48.1 Å². The van der Waals surface area contributed by atoms with E-state index in [2.05, 4.69) is 34.8 Å². The van der Waals surface area contributed by atoms with E-state index < -0.39 is 0 Å². The van der Waals surface area contributed by atoms with E-state index in [4.69, 9.17) is 17.0 Å². The number of carbonyl (C=O) groups is 1. The van der Waals surface area contributed by atoms with Gasteiger partial charge in [0.05, 0.1) is 6.10 Å². The van der Waals surface area contributed by atoms with Crippen molar-refractivity contribution in [3.8, 4) is 0 Å². The number of carbonyl (C=O) groups excluding carboxylic acids is 1. The third kappa shape index (κ3) is 5.39. The van der Waals surface area contributed by atoms with Crippen molar-refractivity contribution < 1.29 is 9.53 Å². The van der Waals surface area contributed by atoms with Crippen LogP contribution in [-0.2, 0) is 4.74 Å². The Balaban J connectivity index is 1.98. The number of hydrogen-bond acceptors (Lipinski definition) is 3. The van der Waals surface area contributed by atoms with E-state index in [0.29, 0.717) is 10.7 Å². The first-order valence-electron chi connectivity index (χ1n) is 7.99. The molecule has 4 nitrogen and oxygen atoms in total. The molecule has 1 N–H and O–H groups in total. The Bertz CT molecular complexity index is 574. The van der Waals surface area contributed by atoms with Gasteiger partial charge in [0.1, 0.15) is 0 Å². The third-order valence-corrected chi connectivity index (χ3v) is 5.41. The van der Waals surface area contributed by atoms with Gasteiger partial charge in [-0.3, -0.25) is 10.1 Å². The Morgan fingerprint density at radius 3 is 2.91 bits per heavy atom. The molecule has 126 valence electrons. The van der Waals surface area contributed by atoms with Gasteiger partial charge in [-0.25, -0.2) is 0 Å². The Hall–Kier alpha value is -0.730. The zero-order valence-electron chi connectivity index (χ0n) is 13.6. The lowest BCUT2D eigenvalue weighted by Crippen LogP contribution is -2.46. The molecule has 1 unspecified atom stereocenters. The first-order valence-corrected chi connectivity index (χ1v) is 9.48. The topological polar surface area (TPSA) is 41.6 Å². The highest BCUT2D eigenvalue weighted by atomic mass is 127. The number of aryl methyl sites for hydroxylation is 1. The highest BCUT2D eigenvalue weighted by Gasteiger charge is 2.21. The molecule has 1 aromatic carbocycles. The second-order valence-electron chi connectivity index (χ2n) is 5.80. The Kier molecular flexibility index (Phi) is 7.23. The van der Waals surface area contributed by atoms with Gasteiger partial charge in [-0.05, 0) is 78.7 Å². The SMILES string of the molecule is CCCN(CC1CCCO1)C(=S)NC(=O)c1ccc(C)c(I)c1. The quantitative estimate of drug-likeness (QED) is 0.556. The summed E-state index contributed by atoms with van der Waals surface area (Å²) in [5.41, 5.74) is 1.80. The highest BCUT2D eigenvalue weighted by molar-refractivity contribution is 14.1. The molecule has 1 fully saturated rings. The van der Waals surface area contributed by atoms with Crippen molar-refractivity contribution in [1.29, 1.82) is 0 Å². The predicted octanol–water partition coefficient (Wildman–Crippen LogP) is 3.51. The lowest BCUT2D eigenvalue weighted by molar-refractivity contribution is 0.0887. The summed E-state index contributed by atoms with van der Waals surface area (Å²) in [5.74, 6) is -0.152. The average molecular weight is 446 g/mol. The van der Waals surface area contributed by atoms with Gasteiger partial charge >= 0.3 is 0 Å². The van der Waals surface area contributed by atoms with E-state index in [1.54, 1.807) is 0 Å². The lowest BCUT2D eigenvalue weighted by Gasteiger charge is -2.27. The van der Waals surface area contributed by atoms with Gasteiger partial charge in [-0.2, -0.15) is 0 Å². The average Bonchev–Trinajstić information content (AvgIpc) is 3.02. The second kappa shape index (κ2) is 8.94. The van der Waals surface area contributed by atoms with Gasteiger partial charge in [-0.1, -0.05) is 13.0 Å². The minimum Gasteiger partial charge on any atom is -0.376 e. The van der Waals surface area contributed by atoms with E-state index in [9.17, 15) is 4.79 Å². The van der Waals surface area contributed by atoms with Crippen LogP contribution in [0.2, 0.25) is 0 Å². The maximum absolute atomic E-state index is 12.4. The van der Waals surface area contributed by atoms with Crippen LogP contribution in [0.15, 0.2) is 18.2 Å². The van der Waals surface area contributed by atoms with Crippen LogP contribution in [0.3, 0.4) is 0 Å². The highest BCUT2D eigenvalue weighted by Crippen LogP contribution is 2.15. The number of nitrogens with one attached hydrogen (secondary N) is 1. The molecule has 1 aromatic rings. The third-order valence-electron chi connectivity index (χ3n) is 3.88. The van der Waals surface area contributed by atoms with Crippen molar-refractivity contribution in [3.05, 3.63) is 32.9 Å². The maximum Gasteiger partial charge on any atom is 0.257 e. The van der Waals surface area contributed by atoms with Crippen molar-refractivity contribution in [2.75, 3.05) is 19.7 Å². The zero-order valence-corrected chi connectivity index (χ0v) is 16.6. The fourth-order valence-corrected chi connectivity index (χ4v) is 3.34. The molecule has 1 saturated heterocycles. The Morgan fingerprint density at radius 1 is 1.52 bits per heavy atom.